The zero-order chi connectivity index (χ0) is 22.5. The Morgan fingerprint density at radius 3 is 1.87 bits per heavy atom. The van der Waals surface area contributed by atoms with Gasteiger partial charge in [0.2, 0.25) is 6.79 Å². The highest BCUT2D eigenvalue weighted by Crippen LogP contribution is 2.60. The summed E-state index contributed by atoms with van der Waals surface area (Å²) in [6.07, 6.45) is -0.191. The molecule has 0 N–H and O–H groups in total. The van der Waals surface area contributed by atoms with E-state index in [2.05, 4.69) is 47.6 Å². The minimum Gasteiger partial charge on any atom is -0.465 e. The number of esters is 1. The normalized spacial score (nSPS) is 26.3. The molecule has 0 unspecified atom stereocenters. The molecule has 7 heteroatoms. The molecular formula is C24H36O6Si. The topological polar surface area (TPSA) is 63.2 Å². The summed E-state index contributed by atoms with van der Waals surface area (Å²) in [5, 5.41) is 0. The van der Waals surface area contributed by atoms with Crippen LogP contribution in [0.15, 0.2) is 12.1 Å². The number of hydrogen-bond donors (Lipinski definition) is 0. The van der Waals surface area contributed by atoms with Crippen LogP contribution in [0.4, 0.5) is 0 Å². The zero-order valence-corrected chi connectivity index (χ0v) is 20.8. The molecule has 6 nitrogen and oxygen atoms in total. The second-order valence-corrected chi connectivity index (χ2v) is 15.5. The Balaban J connectivity index is 1.63. The highest BCUT2D eigenvalue weighted by Gasteiger charge is 2.55. The van der Waals surface area contributed by atoms with Gasteiger partial charge in [0.25, 0.3) is 0 Å². The molecule has 1 aromatic carbocycles. The monoisotopic (exact) mass is 448 g/mol. The molecule has 0 aromatic heterocycles. The molecule has 0 amide bonds. The number of carbonyl (C=O) groups excluding carboxylic acids is 1. The Labute approximate surface area is 186 Å². The molecule has 3 aliphatic rings. The van der Waals surface area contributed by atoms with Crippen LogP contribution in [0.5, 0.6) is 11.5 Å². The van der Waals surface area contributed by atoms with Gasteiger partial charge in [-0.1, -0.05) is 41.5 Å². The Morgan fingerprint density at radius 1 is 0.935 bits per heavy atom. The van der Waals surface area contributed by atoms with Gasteiger partial charge in [-0.05, 0) is 39.9 Å². The standard InChI is InChI=1S/C24H36O6Si/c1-13(2)31(14(3)4,15(5)6)29-11-20-19(10-26-16(7)25)23-17-8-21-22(28-12-27-21)9-18(17)24(20)30-23/h8-9,13-15,19-20,23-24H,10-12H2,1-7H3/t19-,20+,23+,24-/m1/s1. The van der Waals surface area contributed by atoms with Crippen LogP contribution in [0.2, 0.25) is 16.6 Å². The summed E-state index contributed by atoms with van der Waals surface area (Å²) in [5.41, 5.74) is 3.83. The first-order valence-electron chi connectivity index (χ1n) is 11.5. The van der Waals surface area contributed by atoms with Gasteiger partial charge in [-0.15, -0.1) is 0 Å². The fourth-order valence-corrected chi connectivity index (χ4v) is 11.7. The van der Waals surface area contributed by atoms with Crippen LogP contribution in [0.3, 0.4) is 0 Å². The molecule has 1 saturated heterocycles. The fraction of sp³-hybridized carbons (Fsp3) is 0.708. The number of carbonyl (C=O) groups is 1. The van der Waals surface area contributed by atoms with E-state index in [9.17, 15) is 4.79 Å². The first kappa shape index (κ1) is 22.6. The van der Waals surface area contributed by atoms with E-state index in [0.29, 0.717) is 29.8 Å². The molecule has 2 bridgehead atoms. The van der Waals surface area contributed by atoms with Crippen molar-refractivity contribution in [3.8, 4) is 11.5 Å². The van der Waals surface area contributed by atoms with Crippen molar-refractivity contribution in [1.29, 1.82) is 0 Å². The Hall–Kier alpha value is -1.57. The highest BCUT2D eigenvalue weighted by molar-refractivity contribution is 6.77. The van der Waals surface area contributed by atoms with Gasteiger partial charge in [-0.2, -0.15) is 0 Å². The summed E-state index contributed by atoms with van der Waals surface area (Å²) in [7, 11) is -2.01. The lowest BCUT2D eigenvalue weighted by molar-refractivity contribution is -0.143. The highest BCUT2D eigenvalue weighted by atomic mass is 28.4. The van der Waals surface area contributed by atoms with Gasteiger partial charge in [0.05, 0.1) is 18.8 Å². The summed E-state index contributed by atoms with van der Waals surface area (Å²) in [6, 6.07) is 4.10. The SMILES string of the molecule is CC(=O)OC[C@@H]1[C@H](CO[Si](C(C)C)(C(C)C)C(C)C)[C@@H]2O[C@H]1c1cc3c(cc12)OCO3. The quantitative estimate of drug-likeness (QED) is 0.385. The fourth-order valence-electron chi connectivity index (χ4n) is 6.26. The van der Waals surface area contributed by atoms with Crippen LogP contribution in [0.1, 0.15) is 71.8 Å². The molecule has 4 rings (SSSR count). The molecule has 0 radical (unpaired) electrons. The van der Waals surface area contributed by atoms with E-state index in [-0.39, 0.29) is 36.8 Å². The van der Waals surface area contributed by atoms with Crippen LogP contribution in [-0.4, -0.2) is 34.3 Å². The lowest BCUT2D eigenvalue weighted by Gasteiger charge is -2.43. The predicted molar refractivity (Wildman–Crippen MR) is 120 cm³/mol. The van der Waals surface area contributed by atoms with Crippen LogP contribution in [0.25, 0.3) is 0 Å². The molecule has 4 atom stereocenters. The number of benzene rings is 1. The second kappa shape index (κ2) is 8.41. The minimum absolute atomic E-state index is 0.0694. The van der Waals surface area contributed by atoms with Crippen molar-refractivity contribution in [3.63, 3.8) is 0 Å². The number of rotatable bonds is 8. The third-order valence-electron chi connectivity index (χ3n) is 7.52. The van der Waals surface area contributed by atoms with Gasteiger partial charge < -0.3 is 23.4 Å². The first-order valence-corrected chi connectivity index (χ1v) is 13.7. The predicted octanol–water partition coefficient (Wildman–Crippen LogP) is 5.53. The molecule has 3 aliphatic heterocycles. The van der Waals surface area contributed by atoms with Gasteiger partial charge >= 0.3 is 5.97 Å². The lowest BCUT2D eigenvalue weighted by atomic mass is 9.76. The molecule has 31 heavy (non-hydrogen) atoms. The Kier molecular flexibility index (Phi) is 6.13. The molecule has 1 fully saturated rings. The smallest absolute Gasteiger partial charge is 0.302 e. The molecule has 0 spiro atoms. The van der Waals surface area contributed by atoms with Gasteiger partial charge in [-0.25, -0.2) is 0 Å². The van der Waals surface area contributed by atoms with E-state index in [4.69, 9.17) is 23.4 Å². The van der Waals surface area contributed by atoms with Crippen LogP contribution >= 0.6 is 0 Å². The largest absolute Gasteiger partial charge is 0.465 e. The van der Waals surface area contributed by atoms with Gasteiger partial charge in [0, 0.05) is 25.4 Å². The maximum absolute atomic E-state index is 11.6. The van der Waals surface area contributed by atoms with Crippen molar-refractivity contribution in [3.05, 3.63) is 23.3 Å². The summed E-state index contributed by atoms with van der Waals surface area (Å²) in [4.78, 5) is 11.6. The summed E-state index contributed by atoms with van der Waals surface area (Å²) < 4.78 is 30.1. The van der Waals surface area contributed by atoms with Gasteiger partial charge in [0.1, 0.15) is 0 Å². The number of ether oxygens (including phenoxy) is 4. The summed E-state index contributed by atoms with van der Waals surface area (Å²) in [5.74, 6) is 1.49. The molecule has 1 aromatic rings. The molecule has 3 heterocycles. The first-order chi connectivity index (χ1) is 14.7. The summed E-state index contributed by atoms with van der Waals surface area (Å²) in [6.45, 7) is 16.5. The minimum atomic E-state index is -2.01. The molecule has 172 valence electrons. The van der Waals surface area contributed by atoms with E-state index in [0.717, 1.165) is 22.6 Å². The zero-order valence-electron chi connectivity index (χ0n) is 19.8. The maximum Gasteiger partial charge on any atom is 0.302 e. The van der Waals surface area contributed by atoms with E-state index in [1.807, 2.05) is 6.07 Å². The lowest BCUT2D eigenvalue weighted by Crippen LogP contribution is -2.49. The molecule has 0 saturated carbocycles. The van der Waals surface area contributed by atoms with Crippen LogP contribution in [-0.2, 0) is 18.7 Å². The van der Waals surface area contributed by atoms with E-state index in [1.54, 1.807) is 0 Å². The number of hydrogen-bond acceptors (Lipinski definition) is 6. The van der Waals surface area contributed by atoms with E-state index < -0.39 is 8.32 Å². The van der Waals surface area contributed by atoms with Crippen molar-refractivity contribution in [2.45, 2.75) is 77.3 Å². The second-order valence-electron chi connectivity index (χ2n) is 10.1. The maximum atomic E-state index is 11.6. The van der Waals surface area contributed by atoms with Crippen molar-refractivity contribution in [2.24, 2.45) is 11.8 Å². The van der Waals surface area contributed by atoms with E-state index in [1.165, 1.54) is 6.92 Å². The third kappa shape index (κ3) is 3.68. The Morgan fingerprint density at radius 2 is 1.42 bits per heavy atom. The van der Waals surface area contributed by atoms with Crippen LogP contribution < -0.4 is 9.47 Å². The molecular weight excluding hydrogens is 412 g/mol. The van der Waals surface area contributed by atoms with E-state index >= 15 is 0 Å². The Bertz CT molecular complexity index is 814. The van der Waals surface area contributed by atoms with Crippen molar-refractivity contribution in [1.82, 2.24) is 0 Å². The average Bonchev–Trinajstić information content (AvgIpc) is 3.37. The van der Waals surface area contributed by atoms with Gasteiger partial charge in [0.15, 0.2) is 19.8 Å². The van der Waals surface area contributed by atoms with Crippen molar-refractivity contribution < 1.29 is 28.2 Å². The average molecular weight is 449 g/mol. The van der Waals surface area contributed by atoms with Crippen LogP contribution in [0, 0.1) is 11.8 Å². The number of fused-ring (bicyclic) bond motifs is 6. The van der Waals surface area contributed by atoms with Crippen molar-refractivity contribution in [2.75, 3.05) is 20.0 Å². The molecule has 0 aliphatic carbocycles. The summed E-state index contributed by atoms with van der Waals surface area (Å²) >= 11 is 0. The van der Waals surface area contributed by atoms with Crippen molar-refractivity contribution >= 4 is 14.3 Å². The van der Waals surface area contributed by atoms with Gasteiger partial charge in [-0.3, -0.25) is 4.79 Å². The third-order valence-corrected chi connectivity index (χ3v) is 13.6.